The van der Waals surface area contributed by atoms with Gasteiger partial charge in [-0.3, -0.25) is 0 Å². The smallest absolute Gasteiger partial charge is 0.242 e. The maximum atomic E-state index is 13.6. The molecule has 0 bridgehead atoms. The summed E-state index contributed by atoms with van der Waals surface area (Å²) in [7, 11) is -2.01. The number of hydrogen-bond acceptors (Lipinski definition) is 3. The zero-order valence-corrected chi connectivity index (χ0v) is 25.7. The highest BCUT2D eigenvalue weighted by Gasteiger charge is 2.41. The number of fused-ring (bicyclic) bond motifs is 1. The Hall–Kier alpha value is -1.89. The largest absolute Gasteiger partial charge is 0.303 e. The van der Waals surface area contributed by atoms with E-state index in [0.29, 0.717) is 11.6 Å². The average Bonchev–Trinajstić information content (AvgIpc) is 3.33. The van der Waals surface area contributed by atoms with Crippen molar-refractivity contribution < 1.29 is 8.42 Å². The first-order valence-corrected chi connectivity index (χ1v) is 16.7. The number of hydrogen-bond donors (Lipinski definition) is 0. The van der Waals surface area contributed by atoms with Gasteiger partial charge in [-0.05, 0) is 105 Å². The van der Waals surface area contributed by atoms with Crippen molar-refractivity contribution in [1.82, 2.24) is 9.21 Å². The summed E-state index contributed by atoms with van der Waals surface area (Å²) in [6.45, 7) is 3.70. The van der Waals surface area contributed by atoms with Crippen LogP contribution >= 0.6 is 23.2 Å². The van der Waals surface area contributed by atoms with Gasteiger partial charge in [0.1, 0.15) is 0 Å². The van der Waals surface area contributed by atoms with E-state index < -0.39 is 10.0 Å². The molecule has 1 saturated heterocycles. The molecule has 7 heteroatoms. The van der Waals surface area contributed by atoms with Crippen LogP contribution in [-0.2, 0) is 28.3 Å². The number of sulfonamides is 1. The van der Waals surface area contributed by atoms with E-state index in [0.717, 1.165) is 44.8 Å². The Morgan fingerprint density at radius 3 is 2.42 bits per heavy atom. The van der Waals surface area contributed by atoms with Crippen molar-refractivity contribution in [3.05, 3.63) is 99.5 Å². The molecule has 1 unspecified atom stereocenters. The minimum Gasteiger partial charge on any atom is -0.303 e. The summed E-state index contributed by atoms with van der Waals surface area (Å²) in [5.74, 6) is 0.809. The van der Waals surface area contributed by atoms with Crippen LogP contribution in [0.2, 0.25) is 10.0 Å². The third-order valence-electron chi connectivity index (χ3n) is 9.12. The van der Waals surface area contributed by atoms with Crippen LogP contribution in [0.5, 0.6) is 0 Å². The van der Waals surface area contributed by atoms with E-state index in [4.69, 9.17) is 23.2 Å². The van der Waals surface area contributed by atoms with Gasteiger partial charge in [-0.25, -0.2) is 12.7 Å². The summed E-state index contributed by atoms with van der Waals surface area (Å²) in [4.78, 5) is 2.78. The molecular formula is C33H40Cl2N2O2S. The molecular weight excluding hydrogens is 559 g/mol. The fourth-order valence-corrected chi connectivity index (χ4v) is 8.35. The Balaban J connectivity index is 1.22. The first-order valence-electron chi connectivity index (χ1n) is 14.5. The van der Waals surface area contributed by atoms with Crippen molar-refractivity contribution in [3.8, 4) is 0 Å². The Morgan fingerprint density at radius 2 is 1.68 bits per heavy atom. The van der Waals surface area contributed by atoms with Gasteiger partial charge in [-0.2, -0.15) is 0 Å². The average molecular weight is 600 g/mol. The Morgan fingerprint density at radius 1 is 0.950 bits per heavy atom. The summed E-state index contributed by atoms with van der Waals surface area (Å²) in [5.41, 5.74) is 3.89. The second-order valence-electron chi connectivity index (χ2n) is 11.7. The SMILES string of the molecule is CN(CC1(CCN2CCC(CCCc3ccccc3)CC2)CCc2ccccc21)S(=O)(=O)c1ccc(Cl)c(Cl)c1. The monoisotopic (exact) mass is 598 g/mol. The molecule has 0 saturated carbocycles. The first-order chi connectivity index (χ1) is 19.3. The normalized spacial score (nSPS) is 20.2. The van der Waals surface area contributed by atoms with Gasteiger partial charge in [-0.15, -0.1) is 0 Å². The Labute approximate surface area is 250 Å². The molecule has 1 atom stereocenters. The number of rotatable bonds is 11. The molecule has 0 spiro atoms. The molecule has 0 aromatic heterocycles. The van der Waals surface area contributed by atoms with Gasteiger partial charge in [0, 0.05) is 19.0 Å². The van der Waals surface area contributed by atoms with Crippen LogP contribution < -0.4 is 0 Å². The highest BCUT2D eigenvalue weighted by Crippen LogP contribution is 2.43. The summed E-state index contributed by atoms with van der Waals surface area (Å²) >= 11 is 12.2. The first kappa shape index (κ1) is 29.6. The summed E-state index contributed by atoms with van der Waals surface area (Å²) in [5, 5.41) is 0.602. The zero-order chi connectivity index (χ0) is 28.2. The van der Waals surface area contributed by atoms with Crippen molar-refractivity contribution in [3.63, 3.8) is 0 Å². The second-order valence-corrected chi connectivity index (χ2v) is 14.5. The molecule has 2 aliphatic rings. The molecule has 1 fully saturated rings. The van der Waals surface area contributed by atoms with Crippen LogP contribution in [0.3, 0.4) is 0 Å². The summed E-state index contributed by atoms with van der Waals surface area (Å²) < 4.78 is 28.7. The highest BCUT2D eigenvalue weighted by atomic mass is 35.5. The fourth-order valence-electron chi connectivity index (χ4n) is 6.71. The quantitative estimate of drug-likeness (QED) is 0.228. The van der Waals surface area contributed by atoms with Crippen LogP contribution in [0, 0.1) is 5.92 Å². The molecule has 3 aromatic carbocycles. The van der Waals surface area contributed by atoms with E-state index >= 15 is 0 Å². The maximum Gasteiger partial charge on any atom is 0.242 e. The van der Waals surface area contributed by atoms with E-state index in [2.05, 4.69) is 59.5 Å². The van der Waals surface area contributed by atoms with Gasteiger partial charge in [-0.1, -0.05) is 84.2 Å². The highest BCUT2D eigenvalue weighted by molar-refractivity contribution is 7.89. The number of aryl methyl sites for hydroxylation is 2. The topological polar surface area (TPSA) is 40.6 Å². The lowest BCUT2D eigenvalue weighted by atomic mass is 9.78. The molecule has 40 heavy (non-hydrogen) atoms. The van der Waals surface area contributed by atoms with Crippen molar-refractivity contribution >= 4 is 33.2 Å². The molecule has 0 radical (unpaired) electrons. The lowest BCUT2D eigenvalue weighted by Gasteiger charge is -2.38. The van der Waals surface area contributed by atoms with Gasteiger partial charge in [0.05, 0.1) is 14.9 Å². The minimum absolute atomic E-state index is 0.181. The summed E-state index contributed by atoms with van der Waals surface area (Å²) in [6, 6.07) is 23.9. The van der Waals surface area contributed by atoms with E-state index in [9.17, 15) is 8.42 Å². The number of nitrogens with zero attached hydrogens (tertiary/aromatic N) is 2. The lowest BCUT2D eigenvalue weighted by molar-refractivity contribution is 0.158. The minimum atomic E-state index is -3.71. The van der Waals surface area contributed by atoms with E-state index in [-0.39, 0.29) is 15.3 Å². The molecule has 3 aromatic rings. The molecule has 1 heterocycles. The Bertz CT molecular complexity index is 1390. The standard InChI is InChI=1S/C33H40Cl2N2O2S/c1-36(40(38,39)29-14-15-31(34)32(35)24-29)25-33(19-16-28-12-5-6-13-30(28)33)20-23-37-21-17-27(18-22-37)11-7-10-26-8-3-2-4-9-26/h2-6,8-9,12-15,24,27H,7,10-11,16-23,25H2,1H3. The molecule has 1 aliphatic heterocycles. The molecule has 1 aliphatic carbocycles. The maximum absolute atomic E-state index is 13.6. The third kappa shape index (κ3) is 6.77. The Kier molecular flexibility index (Phi) is 9.59. The van der Waals surface area contributed by atoms with Crippen molar-refractivity contribution in [2.24, 2.45) is 5.92 Å². The van der Waals surface area contributed by atoms with Gasteiger partial charge < -0.3 is 4.90 Å². The van der Waals surface area contributed by atoms with Crippen molar-refractivity contribution in [1.29, 1.82) is 0 Å². The van der Waals surface area contributed by atoms with Gasteiger partial charge in [0.15, 0.2) is 0 Å². The van der Waals surface area contributed by atoms with Gasteiger partial charge in [0.2, 0.25) is 10.0 Å². The van der Waals surface area contributed by atoms with E-state index in [1.807, 2.05) is 0 Å². The number of halogens is 2. The van der Waals surface area contributed by atoms with Crippen LogP contribution in [0.25, 0.3) is 0 Å². The van der Waals surface area contributed by atoms with Gasteiger partial charge in [0.25, 0.3) is 0 Å². The molecule has 5 rings (SSSR count). The van der Waals surface area contributed by atoms with Crippen LogP contribution in [0.15, 0.2) is 77.7 Å². The number of piperidine rings is 1. The third-order valence-corrected chi connectivity index (χ3v) is 11.7. The zero-order valence-electron chi connectivity index (χ0n) is 23.4. The second kappa shape index (κ2) is 13.0. The lowest BCUT2D eigenvalue weighted by Crippen LogP contribution is -2.44. The molecule has 4 nitrogen and oxygen atoms in total. The van der Waals surface area contributed by atoms with E-state index in [1.54, 1.807) is 19.2 Å². The van der Waals surface area contributed by atoms with Crippen LogP contribution in [0.1, 0.15) is 55.2 Å². The molecule has 0 N–H and O–H groups in total. The number of likely N-dealkylation sites (N-methyl/N-ethyl adjacent to an activating group) is 1. The fraction of sp³-hybridized carbons (Fsp3) is 0.455. The van der Waals surface area contributed by atoms with Crippen molar-refractivity contribution in [2.45, 2.75) is 61.7 Å². The predicted octanol–water partition coefficient (Wildman–Crippen LogP) is 7.62. The van der Waals surface area contributed by atoms with Crippen LogP contribution in [-0.4, -0.2) is 50.8 Å². The van der Waals surface area contributed by atoms with Crippen molar-refractivity contribution in [2.75, 3.05) is 33.2 Å². The number of benzene rings is 3. The molecule has 0 amide bonds. The number of likely N-dealkylation sites (tertiary alicyclic amines) is 1. The molecule has 214 valence electrons. The van der Waals surface area contributed by atoms with Crippen LogP contribution in [0.4, 0.5) is 0 Å². The predicted molar refractivity (Wildman–Crippen MR) is 166 cm³/mol. The summed E-state index contributed by atoms with van der Waals surface area (Å²) in [6.07, 6.45) is 9.13. The van der Waals surface area contributed by atoms with E-state index in [1.165, 1.54) is 59.2 Å². The van der Waals surface area contributed by atoms with Gasteiger partial charge >= 0.3 is 0 Å².